The van der Waals surface area contributed by atoms with E-state index in [9.17, 15) is 9.59 Å². The fourth-order valence-corrected chi connectivity index (χ4v) is 2.73. The fourth-order valence-electron chi connectivity index (χ4n) is 1.29. The van der Waals surface area contributed by atoms with Gasteiger partial charge in [-0.25, -0.2) is 9.78 Å². The molecule has 19 heavy (non-hydrogen) atoms. The van der Waals surface area contributed by atoms with Crippen LogP contribution in [0.15, 0.2) is 23.7 Å². The lowest BCUT2D eigenvalue weighted by Gasteiger charge is -1.97. The number of hydrogen-bond acceptors (Lipinski definition) is 5. The van der Waals surface area contributed by atoms with Gasteiger partial charge in [0.1, 0.15) is 0 Å². The summed E-state index contributed by atoms with van der Waals surface area (Å²) in [5, 5.41) is 13.4. The van der Waals surface area contributed by atoms with Crippen molar-refractivity contribution in [3.8, 4) is 0 Å². The molecule has 5 nitrogen and oxygen atoms in total. The Labute approximate surface area is 117 Å². The van der Waals surface area contributed by atoms with Gasteiger partial charge in [-0.05, 0) is 19.1 Å². The monoisotopic (exact) mass is 294 g/mol. The molecule has 7 heteroatoms. The molecule has 2 heterocycles. The number of rotatable bonds is 4. The normalized spacial score (nSPS) is 10.8. The van der Waals surface area contributed by atoms with Crippen LogP contribution in [0.1, 0.15) is 20.1 Å². The zero-order valence-electron chi connectivity index (χ0n) is 9.91. The Kier molecular flexibility index (Phi) is 4.08. The number of aliphatic carboxylic acids is 1. The lowest BCUT2D eigenvalue weighted by molar-refractivity contribution is -0.131. The first-order chi connectivity index (χ1) is 9.04. The van der Waals surface area contributed by atoms with Gasteiger partial charge in [-0.3, -0.25) is 10.1 Å². The van der Waals surface area contributed by atoms with Crippen LogP contribution < -0.4 is 5.32 Å². The first kappa shape index (κ1) is 13.4. The number of carboxylic acids is 1. The third kappa shape index (κ3) is 3.73. The maximum absolute atomic E-state index is 11.9. The van der Waals surface area contributed by atoms with Gasteiger partial charge in [0.05, 0.1) is 5.56 Å². The Balaban J connectivity index is 2.06. The lowest BCUT2D eigenvalue weighted by atomic mass is 10.3. The smallest absolute Gasteiger partial charge is 0.328 e. The van der Waals surface area contributed by atoms with Crippen LogP contribution in [0.2, 0.25) is 0 Å². The molecule has 0 spiro atoms. The van der Waals surface area contributed by atoms with Crippen molar-refractivity contribution in [1.82, 2.24) is 4.98 Å². The molecular weight excluding hydrogens is 284 g/mol. The molecule has 0 saturated heterocycles. The van der Waals surface area contributed by atoms with Crippen molar-refractivity contribution >= 4 is 45.8 Å². The average Bonchev–Trinajstić information content (AvgIpc) is 2.95. The van der Waals surface area contributed by atoms with Gasteiger partial charge in [0.25, 0.3) is 5.91 Å². The van der Waals surface area contributed by atoms with Crippen molar-refractivity contribution in [3.63, 3.8) is 0 Å². The van der Waals surface area contributed by atoms with Crippen LogP contribution in [0.3, 0.4) is 0 Å². The third-order valence-corrected chi connectivity index (χ3v) is 3.84. The van der Waals surface area contributed by atoms with Gasteiger partial charge in [-0.1, -0.05) is 0 Å². The van der Waals surface area contributed by atoms with Crippen LogP contribution in [0, 0.1) is 6.92 Å². The Morgan fingerprint density at radius 2 is 2.26 bits per heavy atom. The second-order valence-corrected chi connectivity index (χ2v) is 5.82. The zero-order valence-corrected chi connectivity index (χ0v) is 11.5. The van der Waals surface area contributed by atoms with Gasteiger partial charge in [-0.2, -0.15) is 0 Å². The number of carboxylic acid groups (broad SMARTS) is 1. The summed E-state index contributed by atoms with van der Waals surface area (Å²) in [6.07, 6.45) is 4.18. The molecule has 0 aliphatic heterocycles. The molecule has 2 aromatic heterocycles. The second-order valence-electron chi connectivity index (χ2n) is 3.64. The maximum Gasteiger partial charge on any atom is 0.328 e. The molecule has 98 valence electrons. The predicted molar refractivity (Wildman–Crippen MR) is 75.8 cm³/mol. The summed E-state index contributed by atoms with van der Waals surface area (Å²) in [5.74, 6) is -1.27. The number of nitrogens with one attached hydrogen (secondary N) is 1. The Hall–Kier alpha value is -1.99. The van der Waals surface area contributed by atoms with Crippen LogP contribution in [0.4, 0.5) is 5.13 Å². The lowest BCUT2D eigenvalue weighted by Crippen LogP contribution is -2.10. The maximum atomic E-state index is 11.9. The summed E-state index contributed by atoms with van der Waals surface area (Å²) in [4.78, 5) is 28.1. The second kappa shape index (κ2) is 5.77. The van der Waals surface area contributed by atoms with Crippen LogP contribution in [0.5, 0.6) is 0 Å². The molecule has 0 saturated carbocycles. The predicted octanol–water partition coefficient (Wildman–Crippen LogP) is 2.86. The van der Waals surface area contributed by atoms with Gasteiger partial charge >= 0.3 is 5.97 Å². The highest BCUT2D eigenvalue weighted by Gasteiger charge is 2.10. The SMILES string of the molecule is Cc1cnc(NC(=O)c2csc(C=CC(=O)O)c2)s1. The van der Waals surface area contributed by atoms with E-state index < -0.39 is 5.97 Å². The summed E-state index contributed by atoms with van der Waals surface area (Å²) in [7, 11) is 0. The minimum Gasteiger partial charge on any atom is -0.478 e. The number of amides is 1. The molecule has 2 N–H and O–H groups in total. The van der Waals surface area contributed by atoms with Gasteiger partial charge in [0.15, 0.2) is 5.13 Å². The van der Waals surface area contributed by atoms with Crippen LogP contribution in [-0.4, -0.2) is 22.0 Å². The van der Waals surface area contributed by atoms with Gasteiger partial charge in [0, 0.05) is 27.4 Å². The van der Waals surface area contributed by atoms with Gasteiger partial charge < -0.3 is 5.11 Å². The van der Waals surface area contributed by atoms with E-state index in [0.29, 0.717) is 15.6 Å². The molecular formula is C12H10N2O3S2. The number of aryl methyl sites for hydroxylation is 1. The van der Waals surface area contributed by atoms with Crippen molar-refractivity contribution in [1.29, 1.82) is 0 Å². The molecule has 2 rings (SSSR count). The molecule has 0 bridgehead atoms. The van der Waals surface area contributed by atoms with E-state index in [0.717, 1.165) is 11.0 Å². The largest absolute Gasteiger partial charge is 0.478 e. The van der Waals surface area contributed by atoms with Crippen molar-refractivity contribution in [3.05, 3.63) is 39.0 Å². The van der Waals surface area contributed by atoms with Gasteiger partial charge in [-0.15, -0.1) is 22.7 Å². The zero-order chi connectivity index (χ0) is 13.8. The number of anilines is 1. The van der Waals surface area contributed by atoms with E-state index in [-0.39, 0.29) is 5.91 Å². The van der Waals surface area contributed by atoms with Crippen LogP contribution >= 0.6 is 22.7 Å². The van der Waals surface area contributed by atoms with Crippen molar-refractivity contribution in [2.75, 3.05) is 5.32 Å². The summed E-state index contributed by atoms with van der Waals surface area (Å²) >= 11 is 2.71. The third-order valence-electron chi connectivity index (χ3n) is 2.11. The highest BCUT2D eigenvalue weighted by molar-refractivity contribution is 7.15. The molecule has 0 radical (unpaired) electrons. The minimum atomic E-state index is -1.02. The Morgan fingerprint density at radius 3 is 2.89 bits per heavy atom. The van der Waals surface area contributed by atoms with E-state index in [1.54, 1.807) is 17.6 Å². The summed E-state index contributed by atoms with van der Waals surface area (Å²) in [5.41, 5.74) is 0.489. The molecule has 0 aliphatic carbocycles. The summed E-state index contributed by atoms with van der Waals surface area (Å²) < 4.78 is 0. The quantitative estimate of drug-likeness (QED) is 0.850. The van der Waals surface area contributed by atoms with E-state index in [4.69, 9.17) is 5.11 Å². The number of nitrogens with zero attached hydrogens (tertiary/aromatic N) is 1. The summed E-state index contributed by atoms with van der Waals surface area (Å²) in [6.45, 7) is 1.91. The standard InChI is InChI=1S/C12H10N2O3S2/c1-7-5-13-12(19-7)14-11(17)8-4-9(18-6-8)2-3-10(15)16/h2-6H,1H3,(H,15,16)(H,13,14,17). The number of carbonyl (C=O) groups is 2. The number of carbonyl (C=O) groups excluding carboxylic acids is 1. The topological polar surface area (TPSA) is 79.3 Å². The molecule has 0 unspecified atom stereocenters. The molecule has 0 atom stereocenters. The fraction of sp³-hybridized carbons (Fsp3) is 0.0833. The minimum absolute atomic E-state index is 0.249. The van der Waals surface area contributed by atoms with Crippen molar-refractivity contribution < 1.29 is 14.7 Å². The first-order valence-electron chi connectivity index (χ1n) is 5.28. The van der Waals surface area contributed by atoms with E-state index in [1.807, 2.05) is 6.92 Å². The van der Waals surface area contributed by atoms with Gasteiger partial charge in [0.2, 0.25) is 0 Å². The molecule has 2 aromatic rings. The van der Waals surface area contributed by atoms with E-state index in [2.05, 4.69) is 10.3 Å². The molecule has 0 fully saturated rings. The Bertz CT molecular complexity index is 643. The van der Waals surface area contributed by atoms with Crippen LogP contribution in [-0.2, 0) is 4.79 Å². The highest BCUT2D eigenvalue weighted by Crippen LogP contribution is 2.20. The molecule has 1 amide bonds. The Morgan fingerprint density at radius 1 is 1.47 bits per heavy atom. The number of aromatic nitrogens is 1. The number of hydrogen-bond donors (Lipinski definition) is 2. The first-order valence-corrected chi connectivity index (χ1v) is 6.97. The average molecular weight is 294 g/mol. The highest BCUT2D eigenvalue weighted by atomic mass is 32.1. The molecule has 0 aromatic carbocycles. The van der Waals surface area contributed by atoms with Crippen molar-refractivity contribution in [2.45, 2.75) is 6.92 Å². The molecule has 0 aliphatic rings. The number of thiophene rings is 1. The van der Waals surface area contributed by atoms with Crippen molar-refractivity contribution in [2.24, 2.45) is 0 Å². The van der Waals surface area contributed by atoms with Crippen LogP contribution in [0.25, 0.3) is 6.08 Å². The number of thiazole rings is 1. The summed E-state index contributed by atoms with van der Waals surface area (Å²) in [6, 6.07) is 1.64. The van der Waals surface area contributed by atoms with E-state index in [1.165, 1.54) is 28.7 Å². The van der Waals surface area contributed by atoms with E-state index >= 15 is 0 Å².